The van der Waals surface area contributed by atoms with Crippen LogP contribution < -0.4 is 0 Å². The molecule has 78 valence electrons. The maximum absolute atomic E-state index is 13.4. The molecule has 0 aliphatic heterocycles. The molecule has 0 bridgehead atoms. The summed E-state index contributed by atoms with van der Waals surface area (Å²) in [6.45, 7) is 2.92. The van der Waals surface area contributed by atoms with Gasteiger partial charge in [0, 0.05) is 11.1 Å². The second kappa shape index (κ2) is 3.77. The van der Waals surface area contributed by atoms with Crippen LogP contribution in [0.3, 0.4) is 0 Å². The summed E-state index contributed by atoms with van der Waals surface area (Å²) >= 11 is 0. The van der Waals surface area contributed by atoms with Crippen molar-refractivity contribution in [1.82, 2.24) is 0 Å². The lowest BCUT2D eigenvalue weighted by Crippen LogP contribution is -2.17. The molecular weight excluding hydrogens is 200 g/mol. The van der Waals surface area contributed by atoms with Gasteiger partial charge in [0.15, 0.2) is 11.6 Å². The third-order valence-electron chi connectivity index (χ3n) is 2.14. The van der Waals surface area contributed by atoms with E-state index in [1.807, 2.05) is 6.07 Å². The Morgan fingerprint density at radius 3 is 2.47 bits per heavy atom. The minimum absolute atomic E-state index is 0.0206. The van der Waals surface area contributed by atoms with Crippen molar-refractivity contribution >= 4 is 6.29 Å². The summed E-state index contributed by atoms with van der Waals surface area (Å²) in [5, 5.41) is 8.80. The number of halogens is 2. The number of rotatable bonds is 2. The van der Waals surface area contributed by atoms with Crippen molar-refractivity contribution in [2.75, 3.05) is 0 Å². The third kappa shape index (κ3) is 2.01. The standard InChI is InChI=1S/C11H9F2NO/c1-11(2,6-14)8-3-7(5-15)4-9(12)10(8)13/h3-5H,1-2H3. The molecule has 4 heteroatoms. The Labute approximate surface area is 86.1 Å². The fourth-order valence-corrected chi connectivity index (χ4v) is 1.19. The van der Waals surface area contributed by atoms with Crippen molar-refractivity contribution in [3.63, 3.8) is 0 Å². The molecule has 0 saturated heterocycles. The molecule has 0 N–H and O–H groups in total. The van der Waals surface area contributed by atoms with E-state index in [9.17, 15) is 13.6 Å². The summed E-state index contributed by atoms with van der Waals surface area (Å²) in [6, 6.07) is 3.85. The number of nitrogens with zero attached hydrogens (tertiary/aromatic N) is 1. The van der Waals surface area contributed by atoms with E-state index in [4.69, 9.17) is 5.26 Å². The lowest BCUT2D eigenvalue weighted by atomic mass is 9.85. The first-order valence-corrected chi connectivity index (χ1v) is 4.28. The Balaban J connectivity index is 3.49. The summed E-state index contributed by atoms with van der Waals surface area (Å²) in [4.78, 5) is 10.5. The molecule has 0 aliphatic rings. The molecule has 0 fully saturated rings. The van der Waals surface area contributed by atoms with E-state index in [2.05, 4.69) is 0 Å². The van der Waals surface area contributed by atoms with Crippen LogP contribution in [0.1, 0.15) is 29.8 Å². The maximum atomic E-state index is 13.4. The lowest BCUT2D eigenvalue weighted by molar-refractivity contribution is 0.112. The van der Waals surface area contributed by atoms with Crippen LogP contribution in [0.25, 0.3) is 0 Å². The van der Waals surface area contributed by atoms with E-state index < -0.39 is 17.0 Å². The van der Waals surface area contributed by atoms with Gasteiger partial charge in [-0.3, -0.25) is 4.79 Å². The topological polar surface area (TPSA) is 40.9 Å². The van der Waals surface area contributed by atoms with Gasteiger partial charge in [0.2, 0.25) is 0 Å². The molecule has 0 radical (unpaired) electrons. The molecule has 0 heterocycles. The first-order chi connectivity index (χ1) is 6.92. The summed E-state index contributed by atoms with van der Waals surface area (Å²) < 4.78 is 26.4. The highest BCUT2D eigenvalue weighted by Crippen LogP contribution is 2.27. The smallest absolute Gasteiger partial charge is 0.163 e. The van der Waals surface area contributed by atoms with Crippen LogP contribution in [0.15, 0.2) is 12.1 Å². The zero-order chi connectivity index (χ0) is 11.6. The molecule has 0 atom stereocenters. The lowest BCUT2D eigenvalue weighted by Gasteiger charge is -2.17. The highest BCUT2D eigenvalue weighted by Gasteiger charge is 2.26. The van der Waals surface area contributed by atoms with Crippen molar-refractivity contribution in [2.24, 2.45) is 0 Å². The molecule has 0 aromatic heterocycles. The number of carbonyl (C=O) groups is 1. The average Bonchev–Trinajstić information content (AvgIpc) is 2.21. The first-order valence-electron chi connectivity index (χ1n) is 4.28. The number of hydrogen-bond acceptors (Lipinski definition) is 2. The summed E-state index contributed by atoms with van der Waals surface area (Å²) in [5.74, 6) is -2.19. The Bertz CT molecular complexity index is 447. The van der Waals surface area contributed by atoms with Gasteiger partial charge in [-0.15, -0.1) is 0 Å². The van der Waals surface area contributed by atoms with Gasteiger partial charge in [0.25, 0.3) is 0 Å². The van der Waals surface area contributed by atoms with Gasteiger partial charge in [-0.25, -0.2) is 8.78 Å². The predicted octanol–water partition coefficient (Wildman–Crippen LogP) is 2.58. The molecule has 1 aromatic rings. The van der Waals surface area contributed by atoms with Crippen LogP contribution in [0.5, 0.6) is 0 Å². The number of nitriles is 1. The fourth-order valence-electron chi connectivity index (χ4n) is 1.19. The van der Waals surface area contributed by atoms with Gasteiger partial charge in [-0.2, -0.15) is 5.26 Å². The first kappa shape index (κ1) is 11.3. The normalized spacial score (nSPS) is 10.9. The molecule has 1 aromatic carbocycles. The molecular formula is C11H9F2NO. The van der Waals surface area contributed by atoms with Crippen molar-refractivity contribution in [1.29, 1.82) is 5.26 Å². The van der Waals surface area contributed by atoms with Gasteiger partial charge in [-0.1, -0.05) is 0 Å². The van der Waals surface area contributed by atoms with E-state index in [0.717, 1.165) is 6.07 Å². The van der Waals surface area contributed by atoms with Crippen molar-refractivity contribution in [3.05, 3.63) is 34.9 Å². The molecule has 0 amide bonds. The maximum Gasteiger partial charge on any atom is 0.163 e. The summed E-state index contributed by atoms with van der Waals surface area (Å²) in [7, 11) is 0. The van der Waals surface area contributed by atoms with Gasteiger partial charge >= 0.3 is 0 Å². The van der Waals surface area contributed by atoms with Gasteiger partial charge < -0.3 is 0 Å². The summed E-state index contributed by atoms with van der Waals surface area (Å²) in [6.07, 6.45) is 0.416. The van der Waals surface area contributed by atoms with Gasteiger partial charge in [0.05, 0.1) is 11.5 Å². The number of benzene rings is 1. The van der Waals surface area contributed by atoms with Crippen LogP contribution >= 0.6 is 0 Å². The molecule has 1 rings (SSSR count). The Hall–Kier alpha value is -1.76. The molecule has 0 spiro atoms. The van der Waals surface area contributed by atoms with Crippen LogP contribution in [-0.2, 0) is 5.41 Å². The van der Waals surface area contributed by atoms with E-state index in [1.165, 1.54) is 19.9 Å². The molecule has 0 aliphatic carbocycles. The Kier molecular flexibility index (Phi) is 2.85. The van der Waals surface area contributed by atoms with Crippen LogP contribution in [0, 0.1) is 23.0 Å². The summed E-state index contributed by atoms with van der Waals surface area (Å²) in [5.41, 5.74) is -1.25. The molecule has 2 nitrogen and oxygen atoms in total. The molecule has 0 unspecified atom stereocenters. The highest BCUT2D eigenvalue weighted by atomic mass is 19.2. The fraction of sp³-hybridized carbons (Fsp3) is 0.273. The van der Waals surface area contributed by atoms with Crippen LogP contribution in [-0.4, -0.2) is 6.29 Å². The SMILES string of the molecule is CC(C)(C#N)c1cc(C=O)cc(F)c1F. The number of hydrogen-bond donors (Lipinski definition) is 0. The monoisotopic (exact) mass is 209 g/mol. The largest absolute Gasteiger partial charge is 0.298 e. The zero-order valence-electron chi connectivity index (χ0n) is 8.34. The molecule has 0 saturated carbocycles. The Morgan fingerprint density at radius 1 is 1.40 bits per heavy atom. The van der Waals surface area contributed by atoms with E-state index in [1.54, 1.807) is 0 Å². The third-order valence-corrected chi connectivity index (χ3v) is 2.14. The Morgan fingerprint density at radius 2 is 2.00 bits per heavy atom. The number of carbonyl (C=O) groups excluding carboxylic acids is 1. The minimum atomic E-state index is -1.16. The molecule has 15 heavy (non-hydrogen) atoms. The van der Waals surface area contributed by atoms with Crippen LogP contribution in [0.2, 0.25) is 0 Å². The quantitative estimate of drug-likeness (QED) is 0.702. The van der Waals surface area contributed by atoms with E-state index >= 15 is 0 Å². The average molecular weight is 209 g/mol. The van der Waals surface area contributed by atoms with Crippen molar-refractivity contribution < 1.29 is 13.6 Å². The highest BCUT2D eigenvalue weighted by molar-refractivity contribution is 5.75. The van der Waals surface area contributed by atoms with Gasteiger partial charge in [0.1, 0.15) is 6.29 Å². The zero-order valence-corrected chi connectivity index (χ0v) is 8.34. The second-order valence-electron chi connectivity index (χ2n) is 3.72. The van der Waals surface area contributed by atoms with Gasteiger partial charge in [-0.05, 0) is 26.0 Å². The van der Waals surface area contributed by atoms with E-state index in [0.29, 0.717) is 6.29 Å². The van der Waals surface area contributed by atoms with E-state index in [-0.39, 0.29) is 11.1 Å². The van der Waals surface area contributed by atoms with Crippen molar-refractivity contribution in [2.45, 2.75) is 19.3 Å². The van der Waals surface area contributed by atoms with Crippen LogP contribution in [0.4, 0.5) is 8.78 Å². The number of aldehydes is 1. The predicted molar refractivity (Wildman–Crippen MR) is 50.4 cm³/mol. The van der Waals surface area contributed by atoms with Crippen molar-refractivity contribution in [3.8, 4) is 6.07 Å². The minimum Gasteiger partial charge on any atom is -0.298 e. The second-order valence-corrected chi connectivity index (χ2v) is 3.72.